The van der Waals surface area contributed by atoms with Crippen LogP contribution in [0.1, 0.15) is 38.2 Å². The van der Waals surface area contributed by atoms with Gasteiger partial charge in [0.2, 0.25) is 11.6 Å². The number of carbonyl (C=O) groups is 2. The highest BCUT2D eigenvalue weighted by atomic mass is 16.2. The molecule has 4 rings (SSSR count). The van der Waals surface area contributed by atoms with Gasteiger partial charge in [-0.3, -0.25) is 9.59 Å². The van der Waals surface area contributed by atoms with Gasteiger partial charge in [0.1, 0.15) is 0 Å². The lowest BCUT2D eigenvalue weighted by Crippen LogP contribution is -2.18. The van der Waals surface area contributed by atoms with Crippen LogP contribution in [0.15, 0.2) is 42.5 Å². The number of allylic oxidation sites excluding steroid dienone is 1. The van der Waals surface area contributed by atoms with E-state index in [0.717, 1.165) is 18.4 Å². The van der Waals surface area contributed by atoms with Gasteiger partial charge in [0.25, 0.3) is 0 Å². The standard InChI is InChI=1S/C18H12O2/c19-17-6-5-13-9-14-7-11-3-1-2-4-12(11)8-15(14)10-16(13)18(17)20/h1-6,9-10H,7-8H2. The van der Waals surface area contributed by atoms with Crippen LogP contribution in [0.5, 0.6) is 0 Å². The zero-order valence-corrected chi connectivity index (χ0v) is 10.8. The lowest BCUT2D eigenvalue weighted by atomic mass is 9.82. The lowest BCUT2D eigenvalue weighted by molar-refractivity contribution is -0.110. The molecule has 0 heterocycles. The third kappa shape index (κ3) is 1.58. The van der Waals surface area contributed by atoms with Crippen molar-refractivity contribution in [1.82, 2.24) is 0 Å². The summed E-state index contributed by atoms with van der Waals surface area (Å²) in [6.45, 7) is 0. The molecule has 2 aromatic rings. The van der Waals surface area contributed by atoms with Gasteiger partial charge < -0.3 is 0 Å². The predicted molar refractivity (Wildman–Crippen MR) is 76.9 cm³/mol. The van der Waals surface area contributed by atoms with Crippen LogP contribution in [0.2, 0.25) is 0 Å². The van der Waals surface area contributed by atoms with E-state index in [4.69, 9.17) is 0 Å². The van der Waals surface area contributed by atoms with Crippen LogP contribution in [-0.4, -0.2) is 11.6 Å². The number of benzene rings is 2. The molecular formula is C18H12O2. The van der Waals surface area contributed by atoms with Gasteiger partial charge in [0.05, 0.1) is 0 Å². The highest BCUT2D eigenvalue weighted by molar-refractivity contribution is 6.50. The summed E-state index contributed by atoms with van der Waals surface area (Å²) in [5.41, 5.74) is 6.50. The van der Waals surface area contributed by atoms with E-state index in [1.54, 1.807) is 6.08 Å². The molecule has 0 N–H and O–H groups in total. The molecule has 0 aromatic heterocycles. The van der Waals surface area contributed by atoms with E-state index in [9.17, 15) is 9.59 Å². The van der Waals surface area contributed by atoms with E-state index in [1.165, 1.54) is 28.3 Å². The number of Topliss-reactive ketones (excluding diaryl/α,β-unsaturated/α-hetero) is 1. The maximum absolute atomic E-state index is 11.9. The summed E-state index contributed by atoms with van der Waals surface area (Å²) < 4.78 is 0. The first-order chi connectivity index (χ1) is 9.72. The van der Waals surface area contributed by atoms with Crippen molar-refractivity contribution in [2.45, 2.75) is 12.8 Å². The van der Waals surface area contributed by atoms with Crippen molar-refractivity contribution < 1.29 is 9.59 Å². The average Bonchev–Trinajstić information content (AvgIpc) is 2.47. The molecule has 0 atom stereocenters. The second kappa shape index (κ2) is 4.01. The van der Waals surface area contributed by atoms with Crippen LogP contribution < -0.4 is 0 Å². The lowest BCUT2D eigenvalue weighted by Gasteiger charge is -2.22. The molecule has 2 aliphatic rings. The van der Waals surface area contributed by atoms with Crippen molar-refractivity contribution >= 4 is 17.6 Å². The van der Waals surface area contributed by atoms with Crippen molar-refractivity contribution in [2.75, 3.05) is 0 Å². The molecule has 0 amide bonds. The second-order valence-corrected chi connectivity index (χ2v) is 5.36. The van der Waals surface area contributed by atoms with E-state index in [1.807, 2.05) is 12.1 Å². The van der Waals surface area contributed by atoms with Crippen molar-refractivity contribution in [3.8, 4) is 0 Å². The molecule has 2 aromatic carbocycles. The average molecular weight is 260 g/mol. The summed E-state index contributed by atoms with van der Waals surface area (Å²) in [7, 11) is 0. The topological polar surface area (TPSA) is 34.1 Å². The molecule has 0 spiro atoms. The molecule has 20 heavy (non-hydrogen) atoms. The minimum Gasteiger partial charge on any atom is -0.286 e. The molecule has 0 fully saturated rings. The molecule has 96 valence electrons. The first-order valence-electron chi connectivity index (χ1n) is 6.72. The van der Waals surface area contributed by atoms with Crippen molar-refractivity contribution in [1.29, 1.82) is 0 Å². The Labute approximate surface area is 116 Å². The zero-order valence-electron chi connectivity index (χ0n) is 10.8. The van der Waals surface area contributed by atoms with Crippen LogP contribution in [0, 0.1) is 0 Å². The maximum Gasteiger partial charge on any atom is 0.233 e. The Balaban J connectivity index is 1.87. The molecule has 0 radical (unpaired) electrons. The molecule has 0 saturated carbocycles. The van der Waals surface area contributed by atoms with E-state index < -0.39 is 5.78 Å². The number of fused-ring (bicyclic) bond motifs is 3. The summed E-state index contributed by atoms with van der Waals surface area (Å²) >= 11 is 0. The van der Waals surface area contributed by atoms with E-state index >= 15 is 0 Å². The van der Waals surface area contributed by atoms with E-state index in [0.29, 0.717) is 5.56 Å². The van der Waals surface area contributed by atoms with Crippen molar-refractivity contribution in [3.63, 3.8) is 0 Å². The zero-order chi connectivity index (χ0) is 13.7. The minimum atomic E-state index is -0.423. The molecule has 2 aliphatic carbocycles. The molecule has 2 heteroatoms. The van der Waals surface area contributed by atoms with Crippen LogP contribution in [0.25, 0.3) is 6.08 Å². The molecular weight excluding hydrogens is 248 g/mol. The van der Waals surface area contributed by atoms with Crippen molar-refractivity contribution in [2.24, 2.45) is 0 Å². The number of hydrogen-bond acceptors (Lipinski definition) is 2. The van der Waals surface area contributed by atoms with E-state index in [-0.39, 0.29) is 5.78 Å². The smallest absolute Gasteiger partial charge is 0.233 e. The Morgan fingerprint density at radius 3 is 2.10 bits per heavy atom. The number of carbonyl (C=O) groups excluding carboxylic acids is 2. The van der Waals surface area contributed by atoms with Gasteiger partial charge in [-0.2, -0.15) is 0 Å². The summed E-state index contributed by atoms with van der Waals surface area (Å²) in [4.78, 5) is 23.4. The Hall–Kier alpha value is -2.48. The number of rotatable bonds is 0. The minimum absolute atomic E-state index is 0.385. The molecule has 0 bridgehead atoms. The number of ketones is 2. The quantitative estimate of drug-likeness (QED) is 0.582. The SMILES string of the molecule is O=C1C=Cc2cc3c(cc2C1=O)Cc1ccccc1C3. The van der Waals surface area contributed by atoms with Gasteiger partial charge in [-0.05, 0) is 52.8 Å². The fourth-order valence-electron chi connectivity index (χ4n) is 3.06. The highest BCUT2D eigenvalue weighted by Gasteiger charge is 2.24. The van der Waals surface area contributed by atoms with Crippen LogP contribution >= 0.6 is 0 Å². The molecule has 0 unspecified atom stereocenters. The fraction of sp³-hybridized carbons (Fsp3) is 0.111. The summed E-state index contributed by atoms with van der Waals surface area (Å²) in [6, 6.07) is 12.3. The summed E-state index contributed by atoms with van der Waals surface area (Å²) in [5, 5.41) is 0. The predicted octanol–water partition coefficient (Wildman–Crippen LogP) is 2.96. The Bertz CT molecular complexity index is 797. The van der Waals surface area contributed by atoms with E-state index in [2.05, 4.69) is 24.3 Å². The first-order valence-corrected chi connectivity index (χ1v) is 6.72. The van der Waals surface area contributed by atoms with Gasteiger partial charge in [0, 0.05) is 5.56 Å². The van der Waals surface area contributed by atoms with Crippen LogP contribution in [0.3, 0.4) is 0 Å². The van der Waals surface area contributed by atoms with Crippen LogP contribution in [0.4, 0.5) is 0 Å². The third-order valence-corrected chi connectivity index (χ3v) is 4.13. The van der Waals surface area contributed by atoms with Gasteiger partial charge >= 0.3 is 0 Å². The number of hydrogen-bond donors (Lipinski definition) is 0. The fourth-order valence-corrected chi connectivity index (χ4v) is 3.06. The summed E-state index contributed by atoms with van der Waals surface area (Å²) in [5.74, 6) is -0.808. The van der Waals surface area contributed by atoms with Crippen molar-refractivity contribution in [3.05, 3.63) is 75.9 Å². The molecule has 2 nitrogen and oxygen atoms in total. The second-order valence-electron chi connectivity index (χ2n) is 5.36. The molecule has 0 aliphatic heterocycles. The third-order valence-electron chi connectivity index (χ3n) is 4.13. The Kier molecular flexibility index (Phi) is 2.27. The largest absolute Gasteiger partial charge is 0.286 e. The summed E-state index contributed by atoms with van der Waals surface area (Å²) in [6.07, 6.45) is 4.85. The highest BCUT2D eigenvalue weighted by Crippen LogP contribution is 2.31. The van der Waals surface area contributed by atoms with Gasteiger partial charge in [0.15, 0.2) is 0 Å². The van der Waals surface area contributed by atoms with Gasteiger partial charge in [-0.25, -0.2) is 0 Å². The normalized spacial score (nSPS) is 15.6. The van der Waals surface area contributed by atoms with Crippen LogP contribution in [-0.2, 0) is 17.6 Å². The Morgan fingerprint density at radius 1 is 0.750 bits per heavy atom. The van der Waals surface area contributed by atoms with Gasteiger partial charge in [-0.15, -0.1) is 0 Å². The van der Waals surface area contributed by atoms with Gasteiger partial charge in [-0.1, -0.05) is 36.4 Å². The maximum atomic E-state index is 11.9. The first kappa shape index (κ1) is 11.4. The Morgan fingerprint density at radius 2 is 1.40 bits per heavy atom. The monoisotopic (exact) mass is 260 g/mol. The molecule has 0 saturated heterocycles.